The number of rotatable bonds is 6. The molecule has 0 amide bonds. The third-order valence-corrected chi connectivity index (χ3v) is 3.68. The van der Waals surface area contributed by atoms with Crippen molar-refractivity contribution in [3.63, 3.8) is 0 Å². The number of carbonyl (C=O) groups is 3. The van der Waals surface area contributed by atoms with Crippen LogP contribution < -0.4 is 0 Å². The molecule has 1 fully saturated rings. The summed E-state index contributed by atoms with van der Waals surface area (Å²) in [6, 6.07) is 0. The van der Waals surface area contributed by atoms with E-state index >= 15 is 0 Å². The molecule has 2 N–H and O–H groups in total. The largest absolute Gasteiger partial charge is 0.481 e. The molecule has 0 heterocycles. The minimum absolute atomic E-state index is 0.0838. The SMILES string of the molecule is CC(C)CCOC(=O)C1CC(C(=O)O)CC(C(=O)O)C1. The van der Waals surface area contributed by atoms with Crippen molar-refractivity contribution in [2.45, 2.75) is 39.5 Å². The number of carboxylic acid groups (broad SMARTS) is 2. The lowest BCUT2D eigenvalue weighted by Crippen LogP contribution is -2.35. The Morgan fingerprint density at radius 1 is 1.00 bits per heavy atom. The zero-order chi connectivity index (χ0) is 15.3. The Kier molecular flexibility index (Phi) is 5.98. The van der Waals surface area contributed by atoms with E-state index < -0.39 is 35.7 Å². The van der Waals surface area contributed by atoms with Crippen molar-refractivity contribution in [3.8, 4) is 0 Å². The summed E-state index contributed by atoms with van der Waals surface area (Å²) in [5.41, 5.74) is 0. The van der Waals surface area contributed by atoms with Crippen LogP contribution in [0.5, 0.6) is 0 Å². The number of hydrogen-bond donors (Lipinski definition) is 2. The zero-order valence-electron chi connectivity index (χ0n) is 11.9. The fourth-order valence-electron chi connectivity index (χ4n) is 2.43. The van der Waals surface area contributed by atoms with Crippen LogP contribution in [0.2, 0.25) is 0 Å². The van der Waals surface area contributed by atoms with Gasteiger partial charge in [-0.15, -0.1) is 0 Å². The number of ether oxygens (including phenoxy) is 1. The minimum atomic E-state index is -1.05. The van der Waals surface area contributed by atoms with Gasteiger partial charge in [-0.05, 0) is 31.6 Å². The molecule has 0 bridgehead atoms. The minimum Gasteiger partial charge on any atom is -0.481 e. The molecule has 2 atom stereocenters. The molecule has 1 rings (SSSR count). The van der Waals surface area contributed by atoms with E-state index in [-0.39, 0.29) is 19.3 Å². The van der Waals surface area contributed by atoms with Gasteiger partial charge in [0.2, 0.25) is 0 Å². The van der Waals surface area contributed by atoms with E-state index in [0.29, 0.717) is 12.5 Å². The maximum absolute atomic E-state index is 11.9. The monoisotopic (exact) mass is 286 g/mol. The highest BCUT2D eigenvalue weighted by molar-refractivity contribution is 5.79. The Morgan fingerprint density at radius 2 is 1.45 bits per heavy atom. The second-order valence-corrected chi connectivity index (χ2v) is 5.82. The first-order chi connectivity index (χ1) is 9.31. The third kappa shape index (κ3) is 4.83. The van der Waals surface area contributed by atoms with Crippen molar-refractivity contribution < 1.29 is 29.3 Å². The second-order valence-electron chi connectivity index (χ2n) is 5.82. The van der Waals surface area contributed by atoms with Crippen LogP contribution >= 0.6 is 0 Å². The van der Waals surface area contributed by atoms with E-state index in [1.165, 1.54) is 0 Å². The molecule has 20 heavy (non-hydrogen) atoms. The van der Waals surface area contributed by atoms with E-state index in [9.17, 15) is 14.4 Å². The lowest BCUT2D eigenvalue weighted by atomic mass is 9.75. The van der Waals surface area contributed by atoms with Gasteiger partial charge < -0.3 is 14.9 Å². The molecule has 0 aliphatic heterocycles. The van der Waals surface area contributed by atoms with Gasteiger partial charge in [0.15, 0.2) is 0 Å². The summed E-state index contributed by atoms with van der Waals surface area (Å²) in [6.45, 7) is 4.31. The van der Waals surface area contributed by atoms with Crippen LogP contribution in [0.3, 0.4) is 0 Å². The summed E-state index contributed by atoms with van der Waals surface area (Å²) in [5, 5.41) is 18.1. The maximum atomic E-state index is 11.9. The number of carbonyl (C=O) groups excluding carboxylic acids is 1. The molecule has 6 nitrogen and oxygen atoms in total. The third-order valence-electron chi connectivity index (χ3n) is 3.68. The van der Waals surface area contributed by atoms with Crippen LogP contribution in [0, 0.1) is 23.7 Å². The van der Waals surface area contributed by atoms with Gasteiger partial charge in [0.05, 0.1) is 24.4 Å². The van der Waals surface area contributed by atoms with Gasteiger partial charge in [-0.25, -0.2) is 0 Å². The first kappa shape index (κ1) is 16.5. The van der Waals surface area contributed by atoms with Gasteiger partial charge in [-0.1, -0.05) is 13.8 Å². The summed E-state index contributed by atoms with van der Waals surface area (Å²) in [4.78, 5) is 34.0. The van der Waals surface area contributed by atoms with Crippen molar-refractivity contribution in [3.05, 3.63) is 0 Å². The molecule has 114 valence electrons. The Morgan fingerprint density at radius 3 is 1.85 bits per heavy atom. The normalized spacial score (nSPS) is 26.2. The molecule has 2 unspecified atom stereocenters. The molecule has 0 aromatic carbocycles. The topological polar surface area (TPSA) is 101 Å². The van der Waals surface area contributed by atoms with E-state index in [0.717, 1.165) is 6.42 Å². The lowest BCUT2D eigenvalue weighted by Gasteiger charge is -2.29. The highest BCUT2D eigenvalue weighted by atomic mass is 16.5. The lowest BCUT2D eigenvalue weighted by molar-refractivity contribution is -0.156. The van der Waals surface area contributed by atoms with Crippen LogP contribution in [0.15, 0.2) is 0 Å². The summed E-state index contributed by atoms with van der Waals surface area (Å²) in [7, 11) is 0. The molecule has 1 saturated carbocycles. The van der Waals surface area contributed by atoms with Crippen LogP contribution in [0.1, 0.15) is 39.5 Å². The molecule has 0 radical (unpaired) electrons. The summed E-state index contributed by atoms with van der Waals surface area (Å²) >= 11 is 0. The standard InChI is InChI=1S/C14H22O6/c1-8(2)3-4-20-14(19)11-6-9(12(15)16)5-10(7-11)13(17)18/h8-11H,3-7H2,1-2H3,(H,15,16)(H,17,18). The molecule has 1 aliphatic carbocycles. The molecular weight excluding hydrogens is 264 g/mol. The van der Waals surface area contributed by atoms with Gasteiger partial charge in [0.1, 0.15) is 0 Å². The first-order valence-corrected chi connectivity index (χ1v) is 6.93. The number of carboxylic acids is 2. The van der Waals surface area contributed by atoms with Crippen LogP contribution in [0.4, 0.5) is 0 Å². The first-order valence-electron chi connectivity index (χ1n) is 6.93. The average molecular weight is 286 g/mol. The Hall–Kier alpha value is -1.59. The molecule has 1 aliphatic rings. The Balaban J connectivity index is 2.60. The smallest absolute Gasteiger partial charge is 0.308 e. The fourth-order valence-corrected chi connectivity index (χ4v) is 2.43. The van der Waals surface area contributed by atoms with E-state index in [1.807, 2.05) is 13.8 Å². The van der Waals surface area contributed by atoms with Crippen molar-refractivity contribution in [1.82, 2.24) is 0 Å². The Bertz CT molecular complexity index is 354. The molecule has 0 aromatic rings. The van der Waals surface area contributed by atoms with E-state index in [1.54, 1.807) is 0 Å². The number of esters is 1. The van der Waals surface area contributed by atoms with Gasteiger partial charge in [0, 0.05) is 0 Å². The second kappa shape index (κ2) is 7.26. The summed E-state index contributed by atoms with van der Waals surface area (Å²) < 4.78 is 5.12. The molecule has 0 spiro atoms. The predicted molar refractivity (Wildman–Crippen MR) is 70.0 cm³/mol. The van der Waals surface area contributed by atoms with Gasteiger partial charge >= 0.3 is 17.9 Å². The molecular formula is C14H22O6. The van der Waals surface area contributed by atoms with Crippen molar-refractivity contribution >= 4 is 17.9 Å². The van der Waals surface area contributed by atoms with Crippen molar-refractivity contribution in [2.75, 3.05) is 6.61 Å². The molecule has 0 saturated heterocycles. The van der Waals surface area contributed by atoms with Crippen molar-refractivity contribution in [2.24, 2.45) is 23.7 Å². The quantitative estimate of drug-likeness (QED) is 0.722. The van der Waals surface area contributed by atoms with Crippen LogP contribution in [0.25, 0.3) is 0 Å². The van der Waals surface area contributed by atoms with Crippen LogP contribution in [-0.2, 0) is 19.1 Å². The highest BCUT2D eigenvalue weighted by Gasteiger charge is 2.39. The van der Waals surface area contributed by atoms with E-state index in [2.05, 4.69) is 0 Å². The van der Waals surface area contributed by atoms with Gasteiger partial charge in [-0.2, -0.15) is 0 Å². The Labute approximate surface area is 118 Å². The number of aliphatic carboxylic acids is 2. The maximum Gasteiger partial charge on any atom is 0.308 e. The molecule has 6 heteroatoms. The average Bonchev–Trinajstić information content (AvgIpc) is 2.37. The van der Waals surface area contributed by atoms with Crippen LogP contribution in [-0.4, -0.2) is 34.7 Å². The fraction of sp³-hybridized carbons (Fsp3) is 0.786. The highest BCUT2D eigenvalue weighted by Crippen LogP contribution is 2.34. The molecule has 0 aromatic heterocycles. The zero-order valence-corrected chi connectivity index (χ0v) is 11.9. The summed E-state index contributed by atoms with van der Waals surface area (Å²) in [5.74, 6) is -4.35. The van der Waals surface area contributed by atoms with Gasteiger partial charge in [-0.3, -0.25) is 14.4 Å². The van der Waals surface area contributed by atoms with Crippen molar-refractivity contribution in [1.29, 1.82) is 0 Å². The summed E-state index contributed by atoms with van der Waals surface area (Å²) in [6.07, 6.45) is 1.16. The number of hydrogen-bond acceptors (Lipinski definition) is 4. The van der Waals surface area contributed by atoms with E-state index in [4.69, 9.17) is 14.9 Å². The predicted octanol–water partition coefficient (Wildman–Crippen LogP) is 1.78. The van der Waals surface area contributed by atoms with Gasteiger partial charge in [0.25, 0.3) is 0 Å².